The monoisotopic (exact) mass is 485 g/mol. The van der Waals surface area contributed by atoms with Crippen LogP contribution in [0.5, 0.6) is 11.5 Å². The Morgan fingerprint density at radius 1 is 1.00 bits per heavy atom. The van der Waals surface area contributed by atoms with Gasteiger partial charge in [-0.2, -0.15) is 0 Å². The number of ether oxygens (including phenoxy) is 4. The first-order valence-corrected chi connectivity index (χ1v) is 11.1. The molecule has 0 radical (unpaired) electrons. The molecule has 11 nitrogen and oxygen atoms in total. The van der Waals surface area contributed by atoms with Gasteiger partial charge in [-0.15, -0.1) is 5.10 Å². The maximum absolute atomic E-state index is 13.6. The summed E-state index contributed by atoms with van der Waals surface area (Å²) in [5.41, 5.74) is 1.96. The number of hydrogen-bond acceptors (Lipinski definition) is 8. The number of amides is 2. The number of benzene rings is 2. The topological polar surface area (TPSA) is 117 Å². The number of rotatable bonds is 13. The van der Waals surface area contributed by atoms with Crippen molar-refractivity contribution in [2.24, 2.45) is 0 Å². The Morgan fingerprint density at radius 2 is 1.74 bits per heavy atom. The summed E-state index contributed by atoms with van der Waals surface area (Å²) in [6.45, 7) is 0.942. The minimum Gasteiger partial charge on any atom is -0.493 e. The van der Waals surface area contributed by atoms with Gasteiger partial charge >= 0.3 is 0 Å². The fourth-order valence-electron chi connectivity index (χ4n) is 3.71. The molecule has 35 heavy (non-hydrogen) atoms. The van der Waals surface area contributed by atoms with Crippen LogP contribution in [0, 0.1) is 0 Å². The van der Waals surface area contributed by atoms with E-state index in [0.29, 0.717) is 35.7 Å². The van der Waals surface area contributed by atoms with Crippen LogP contribution < -0.4 is 14.8 Å². The number of nitrogens with one attached hydrogen (secondary N) is 1. The average molecular weight is 486 g/mol. The van der Waals surface area contributed by atoms with Crippen molar-refractivity contribution in [1.82, 2.24) is 25.2 Å². The van der Waals surface area contributed by atoms with Gasteiger partial charge in [-0.3, -0.25) is 9.59 Å². The number of fused-ring (bicyclic) bond motifs is 1. The van der Waals surface area contributed by atoms with E-state index < -0.39 is 6.04 Å². The fourth-order valence-corrected chi connectivity index (χ4v) is 3.71. The Morgan fingerprint density at radius 3 is 2.46 bits per heavy atom. The van der Waals surface area contributed by atoms with Crippen molar-refractivity contribution in [2.45, 2.75) is 12.6 Å². The predicted molar refractivity (Wildman–Crippen MR) is 128 cm³/mol. The van der Waals surface area contributed by atoms with Crippen LogP contribution in [0.3, 0.4) is 0 Å². The van der Waals surface area contributed by atoms with Crippen LogP contribution in [0.4, 0.5) is 0 Å². The summed E-state index contributed by atoms with van der Waals surface area (Å²) in [5, 5.41) is 11.1. The molecule has 0 aliphatic rings. The second kappa shape index (κ2) is 12.7. The van der Waals surface area contributed by atoms with Crippen LogP contribution in [-0.2, 0) is 25.6 Å². The molecular weight excluding hydrogens is 454 g/mol. The molecule has 11 heteroatoms. The quantitative estimate of drug-likeness (QED) is 0.362. The molecule has 0 aliphatic heterocycles. The van der Waals surface area contributed by atoms with Crippen LogP contribution in [-0.4, -0.2) is 86.5 Å². The SMILES string of the molecule is COCCNC(=O)C(c1ccc(OC)c(OC)c1)N(CCOC)C(=O)Cn1nnc2ccccc21. The molecule has 0 bridgehead atoms. The van der Waals surface area contributed by atoms with E-state index in [4.69, 9.17) is 18.9 Å². The van der Waals surface area contributed by atoms with Crippen LogP contribution in [0.25, 0.3) is 11.0 Å². The fraction of sp³-hybridized carbons (Fsp3) is 0.417. The zero-order valence-corrected chi connectivity index (χ0v) is 20.4. The zero-order valence-electron chi connectivity index (χ0n) is 20.4. The van der Waals surface area contributed by atoms with Gasteiger partial charge in [-0.25, -0.2) is 4.68 Å². The van der Waals surface area contributed by atoms with E-state index in [9.17, 15) is 9.59 Å². The van der Waals surface area contributed by atoms with Crippen molar-refractivity contribution in [2.75, 3.05) is 54.7 Å². The zero-order chi connectivity index (χ0) is 25.2. The molecule has 1 unspecified atom stereocenters. The summed E-state index contributed by atoms with van der Waals surface area (Å²) in [4.78, 5) is 28.5. The third-order valence-electron chi connectivity index (χ3n) is 5.45. The molecule has 3 aromatic rings. The summed E-state index contributed by atoms with van der Waals surface area (Å²) in [7, 11) is 6.13. The molecule has 1 atom stereocenters. The Balaban J connectivity index is 1.99. The average Bonchev–Trinajstić information content (AvgIpc) is 3.28. The van der Waals surface area contributed by atoms with Gasteiger partial charge in [-0.1, -0.05) is 23.4 Å². The molecule has 1 heterocycles. The second-order valence-corrected chi connectivity index (χ2v) is 7.62. The number of methoxy groups -OCH3 is 4. The van der Waals surface area contributed by atoms with Gasteiger partial charge in [0, 0.05) is 27.3 Å². The van der Waals surface area contributed by atoms with Gasteiger partial charge in [0.15, 0.2) is 11.5 Å². The Hall–Kier alpha value is -3.70. The predicted octanol–water partition coefficient (Wildman–Crippen LogP) is 1.43. The van der Waals surface area contributed by atoms with Crippen molar-refractivity contribution in [3.8, 4) is 11.5 Å². The van der Waals surface area contributed by atoms with E-state index in [0.717, 1.165) is 5.52 Å². The second-order valence-electron chi connectivity index (χ2n) is 7.62. The van der Waals surface area contributed by atoms with Crippen LogP contribution in [0.1, 0.15) is 11.6 Å². The van der Waals surface area contributed by atoms with Crippen molar-refractivity contribution >= 4 is 22.8 Å². The lowest BCUT2D eigenvalue weighted by molar-refractivity contribution is -0.142. The summed E-state index contributed by atoms with van der Waals surface area (Å²) >= 11 is 0. The smallest absolute Gasteiger partial charge is 0.247 e. The minimum absolute atomic E-state index is 0.0978. The molecule has 0 aliphatic carbocycles. The normalized spacial score (nSPS) is 11.8. The van der Waals surface area contributed by atoms with E-state index in [1.54, 1.807) is 25.3 Å². The molecule has 1 N–H and O–H groups in total. The molecule has 0 saturated carbocycles. The number of aromatic nitrogens is 3. The molecule has 1 aromatic heterocycles. The first-order valence-electron chi connectivity index (χ1n) is 11.1. The van der Waals surface area contributed by atoms with Gasteiger partial charge in [-0.05, 0) is 29.8 Å². The first kappa shape index (κ1) is 25.9. The standard InChI is InChI=1S/C24H31N5O6/c1-32-13-11-25-24(31)23(17-9-10-20(34-3)21(15-17)35-4)28(12-14-33-2)22(30)16-29-19-8-6-5-7-18(19)26-27-29/h5-10,15,23H,11-14,16H2,1-4H3,(H,25,31). The molecule has 0 fully saturated rings. The maximum Gasteiger partial charge on any atom is 0.247 e. The number of para-hydroxylation sites is 1. The summed E-state index contributed by atoms with van der Waals surface area (Å²) in [6.07, 6.45) is 0. The molecule has 188 valence electrons. The van der Waals surface area contributed by atoms with E-state index in [2.05, 4.69) is 15.6 Å². The Labute approximate surface area is 203 Å². The van der Waals surface area contributed by atoms with Crippen LogP contribution in [0.2, 0.25) is 0 Å². The highest BCUT2D eigenvalue weighted by Gasteiger charge is 2.32. The highest BCUT2D eigenvalue weighted by molar-refractivity contribution is 5.89. The minimum atomic E-state index is -0.955. The van der Waals surface area contributed by atoms with Crippen molar-refractivity contribution in [3.05, 3.63) is 48.0 Å². The highest BCUT2D eigenvalue weighted by Crippen LogP contribution is 2.32. The largest absolute Gasteiger partial charge is 0.493 e. The van der Waals surface area contributed by atoms with E-state index >= 15 is 0 Å². The molecule has 2 amide bonds. The maximum atomic E-state index is 13.6. The van der Waals surface area contributed by atoms with Crippen LogP contribution >= 0.6 is 0 Å². The summed E-state index contributed by atoms with van der Waals surface area (Å²) in [5.74, 6) is 0.279. The lowest BCUT2D eigenvalue weighted by Gasteiger charge is -2.31. The number of carbonyl (C=O) groups is 2. The Kier molecular flexibility index (Phi) is 9.39. The van der Waals surface area contributed by atoms with Crippen molar-refractivity contribution in [3.63, 3.8) is 0 Å². The van der Waals surface area contributed by atoms with Gasteiger partial charge in [0.25, 0.3) is 0 Å². The molecule has 0 spiro atoms. The molecular formula is C24H31N5O6. The summed E-state index contributed by atoms with van der Waals surface area (Å²) < 4.78 is 22.6. The molecule has 0 saturated heterocycles. The van der Waals surface area contributed by atoms with Gasteiger partial charge in [0.2, 0.25) is 11.8 Å². The van der Waals surface area contributed by atoms with Gasteiger partial charge in [0.1, 0.15) is 18.1 Å². The van der Waals surface area contributed by atoms with Gasteiger partial charge < -0.3 is 29.2 Å². The lowest BCUT2D eigenvalue weighted by atomic mass is 10.0. The third kappa shape index (κ3) is 6.25. The number of nitrogens with zero attached hydrogens (tertiary/aromatic N) is 4. The van der Waals surface area contributed by atoms with E-state index in [1.807, 2.05) is 24.3 Å². The van der Waals surface area contributed by atoms with Crippen molar-refractivity contribution < 1.29 is 28.5 Å². The molecule has 2 aromatic carbocycles. The van der Waals surface area contributed by atoms with E-state index in [-0.39, 0.29) is 31.5 Å². The highest BCUT2D eigenvalue weighted by atomic mass is 16.5. The summed E-state index contributed by atoms with van der Waals surface area (Å²) in [6, 6.07) is 11.5. The number of hydrogen-bond donors (Lipinski definition) is 1. The van der Waals surface area contributed by atoms with Gasteiger partial charge in [0.05, 0.1) is 33.0 Å². The van der Waals surface area contributed by atoms with Crippen LogP contribution in [0.15, 0.2) is 42.5 Å². The first-order chi connectivity index (χ1) is 17.0. The molecule has 3 rings (SSSR count). The van der Waals surface area contributed by atoms with Crippen molar-refractivity contribution in [1.29, 1.82) is 0 Å². The lowest BCUT2D eigenvalue weighted by Crippen LogP contribution is -2.46. The number of carbonyl (C=O) groups excluding carboxylic acids is 2. The van der Waals surface area contributed by atoms with E-state index in [1.165, 1.54) is 30.9 Å². The third-order valence-corrected chi connectivity index (χ3v) is 5.45. The Bertz CT molecular complexity index is 1130.